The Bertz CT molecular complexity index is 1050. The normalized spacial score (nSPS) is 11.2. The fraction of sp³-hybridized carbons (Fsp3) is 0.0625. The molecule has 0 amide bonds. The fourth-order valence-electron chi connectivity index (χ4n) is 2.56. The first-order valence-corrected chi connectivity index (χ1v) is 6.91. The van der Waals surface area contributed by atoms with Gasteiger partial charge in [0.2, 0.25) is 0 Å². The number of imidazole rings is 1. The number of ether oxygens (including phenoxy) is 1. The molecule has 3 N–H and O–H groups in total. The number of fused-ring (bicyclic) bond motifs is 2. The molecule has 114 valence electrons. The first kappa shape index (κ1) is 13.3. The van der Waals surface area contributed by atoms with Gasteiger partial charge in [0, 0.05) is 11.5 Å². The largest absolute Gasteiger partial charge is 0.497 e. The van der Waals surface area contributed by atoms with E-state index in [1.54, 1.807) is 19.2 Å². The van der Waals surface area contributed by atoms with Crippen LogP contribution in [0.3, 0.4) is 0 Å². The number of nitrogens with zero attached hydrogens (tertiary/aromatic N) is 2. The Hall–Kier alpha value is -3.35. The van der Waals surface area contributed by atoms with Gasteiger partial charge in [-0.2, -0.15) is 5.10 Å². The molecule has 7 nitrogen and oxygen atoms in total. The fourth-order valence-corrected chi connectivity index (χ4v) is 2.56. The number of nitrogens with one attached hydrogen (secondary N) is 2. The summed E-state index contributed by atoms with van der Waals surface area (Å²) in [7, 11) is 1.60. The Balaban J connectivity index is 1.91. The molecule has 0 radical (unpaired) electrons. The number of benzene rings is 2. The van der Waals surface area contributed by atoms with Gasteiger partial charge in [0.15, 0.2) is 5.82 Å². The van der Waals surface area contributed by atoms with Gasteiger partial charge in [-0.3, -0.25) is 5.10 Å². The maximum absolute atomic E-state index is 11.2. The standard InChI is InChI=1S/C16H12N4O3/c1-23-9-3-5-12-13(7-9)18-15(17-12)14-10-6-8(16(21)22)2-4-11(10)19-20-14/h2-7H,1H3,(H,17,18)(H,19,20)(H,21,22). The van der Waals surface area contributed by atoms with Gasteiger partial charge in [0.25, 0.3) is 0 Å². The van der Waals surface area contributed by atoms with Crippen LogP contribution >= 0.6 is 0 Å². The van der Waals surface area contributed by atoms with Crippen molar-refractivity contribution in [3.8, 4) is 17.3 Å². The van der Waals surface area contributed by atoms with Gasteiger partial charge >= 0.3 is 5.97 Å². The van der Waals surface area contributed by atoms with Crippen LogP contribution in [0, 0.1) is 0 Å². The van der Waals surface area contributed by atoms with Crippen LogP contribution in [0.5, 0.6) is 5.75 Å². The summed E-state index contributed by atoms with van der Waals surface area (Å²) in [5.74, 6) is 0.322. The lowest BCUT2D eigenvalue weighted by Crippen LogP contribution is -1.95. The molecule has 2 heterocycles. The minimum absolute atomic E-state index is 0.206. The van der Waals surface area contributed by atoms with Crippen LogP contribution in [-0.2, 0) is 0 Å². The first-order valence-electron chi connectivity index (χ1n) is 6.91. The number of hydrogen-bond donors (Lipinski definition) is 3. The molecule has 0 bridgehead atoms. The SMILES string of the molecule is COc1ccc2nc(-c3n[nH]c4ccc(C(=O)O)cc34)[nH]c2c1. The Morgan fingerprint density at radius 3 is 2.83 bits per heavy atom. The number of hydrogen-bond acceptors (Lipinski definition) is 4. The highest BCUT2D eigenvalue weighted by molar-refractivity contribution is 5.98. The zero-order valence-electron chi connectivity index (χ0n) is 12.1. The predicted molar refractivity (Wildman–Crippen MR) is 84.7 cm³/mol. The lowest BCUT2D eigenvalue weighted by molar-refractivity contribution is 0.0697. The Morgan fingerprint density at radius 1 is 1.17 bits per heavy atom. The number of aromatic nitrogens is 4. The molecule has 2 aromatic carbocycles. The minimum atomic E-state index is -0.978. The van der Waals surface area contributed by atoms with Crippen molar-refractivity contribution in [1.82, 2.24) is 20.2 Å². The van der Waals surface area contributed by atoms with Gasteiger partial charge in [-0.05, 0) is 30.3 Å². The van der Waals surface area contributed by atoms with E-state index in [1.807, 2.05) is 18.2 Å². The van der Waals surface area contributed by atoms with Crippen LogP contribution in [0.2, 0.25) is 0 Å². The van der Waals surface area contributed by atoms with Crippen molar-refractivity contribution in [1.29, 1.82) is 0 Å². The van der Waals surface area contributed by atoms with Crippen LogP contribution in [0.25, 0.3) is 33.5 Å². The van der Waals surface area contributed by atoms with Crippen molar-refractivity contribution in [3.63, 3.8) is 0 Å². The van der Waals surface area contributed by atoms with E-state index in [-0.39, 0.29) is 5.56 Å². The number of methoxy groups -OCH3 is 1. The van der Waals surface area contributed by atoms with Gasteiger partial charge in [-0.1, -0.05) is 0 Å². The molecular weight excluding hydrogens is 296 g/mol. The molecule has 23 heavy (non-hydrogen) atoms. The summed E-state index contributed by atoms with van der Waals surface area (Å²) in [6, 6.07) is 10.4. The molecule has 0 aliphatic heterocycles. The summed E-state index contributed by atoms with van der Waals surface area (Å²) < 4.78 is 5.20. The van der Waals surface area contributed by atoms with Crippen molar-refractivity contribution in [2.45, 2.75) is 0 Å². The molecule has 0 saturated carbocycles. The van der Waals surface area contributed by atoms with Crippen molar-refractivity contribution in [2.24, 2.45) is 0 Å². The average Bonchev–Trinajstić information content (AvgIpc) is 3.16. The van der Waals surface area contributed by atoms with E-state index in [1.165, 1.54) is 6.07 Å². The van der Waals surface area contributed by atoms with Crippen LogP contribution in [0.4, 0.5) is 0 Å². The summed E-state index contributed by atoms with van der Waals surface area (Å²) in [6.07, 6.45) is 0. The van der Waals surface area contributed by atoms with E-state index in [0.717, 1.165) is 22.3 Å². The summed E-state index contributed by atoms with van der Waals surface area (Å²) in [6.45, 7) is 0. The van der Waals surface area contributed by atoms with Gasteiger partial charge in [0.05, 0.1) is 29.2 Å². The molecule has 4 rings (SSSR count). The molecule has 0 unspecified atom stereocenters. The van der Waals surface area contributed by atoms with E-state index in [0.29, 0.717) is 16.9 Å². The van der Waals surface area contributed by atoms with Crippen molar-refractivity contribution >= 4 is 27.9 Å². The molecule has 4 aromatic rings. The molecular formula is C16H12N4O3. The molecule has 0 saturated heterocycles. The molecule has 0 fully saturated rings. The molecule has 0 aliphatic carbocycles. The smallest absolute Gasteiger partial charge is 0.335 e. The van der Waals surface area contributed by atoms with E-state index >= 15 is 0 Å². The van der Waals surface area contributed by atoms with E-state index < -0.39 is 5.97 Å². The average molecular weight is 308 g/mol. The number of carboxylic acids is 1. The summed E-state index contributed by atoms with van der Waals surface area (Å²) >= 11 is 0. The second kappa shape index (κ2) is 4.84. The lowest BCUT2D eigenvalue weighted by atomic mass is 10.1. The first-order chi connectivity index (χ1) is 11.2. The summed E-state index contributed by atoms with van der Waals surface area (Å²) in [5.41, 5.74) is 3.15. The summed E-state index contributed by atoms with van der Waals surface area (Å²) in [4.78, 5) is 18.9. The number of aromatic carboxylic acids is 1. The highest BCUT2D eigenvalue weighted by Gasteiger charge is 2.14. The highest BCUT2D eigenvalue weighted by Crippen LogP contribution is 2.28. The second-order valence-electron chi connectivity index (χ2n) is 5.11. The topological polar surface area (TPSA) is 104 Å². The number of carboxylic acid groups (broad SMARTS) is 1. The maximum atomic E-state index is 11.2. The second-order valence-corrected chi connectivity index (χ2v) is 5.11. The Labute approximate surface area is 129 Å². The molecule has 7 heteroatoms. The maximum Gasteiger partial charge on any atom is 0.335 e. The number of carbonyl (C=O) groups is 1. The number of aromatic amines is 2. The third-order valence-electron chi connectivity index (χ3n) is 3.72. The van der Waals surface area contributed by atoms with E-state index in [9.17, 15) is 4.79 Å². The predicted octanol–water partition coefficient (Wildman–Crippen LogP) is 2.81. The number of rotatable bonds is 3. The Morgan fingerprint density at radius 2 is 2.04 bits per heavy atom. The zero-order valence-corrected chi connectivity index (χ0v) is 12.1. The van der Waals surface area contributed by atoms with Crippen LogP contribution in [-0.4, -0.2) is 38.4 Å². The third kappa shape index (κ3) is 2.10. The molecule has 0 aliphatic rings. The van der Waals surface area contributed by atoms with E-state index in [2.05, 4.69) is 20.2 Å². The Kier molecular flexibility index (Phi) is 2.80. The highest BCUT2D eigenvalue weighted by atomic mass is 16.5. The molecule has 0 spiro atoms. The van der Waals surface area contributed by atoms with Crippen LogP contribution < -0.4 is 4.74 Å². The van der Waals surface area contributed by atoms with E-state index in [4.69, 9.17) is 9.84 Å². The van der Waals surface area contributed by atoms with Crippen LogP contribution in [0.15, 0.2) is 36.4 Å². The summed E-state index contributed by atoms with van der Waals surface area (Å²) in [5, 5.41) is 17.0. The van der Waals surface area contributed by atoms with Crippen molar-refractivity contribution < 1.29 is 14.6 Å². The van der Waals surface area contributed by atoms with Gasteiger partial charge in [0.1, 0.15) is 11.4 Å². The molecule has 2 aromatic heterocycles. The monoisotopic (exact) mass is 308 g/mol. The molecule has 0 atom stereocenters. The van der Waals surface area contributed by atoms with Crippen molar-refractivity contribution in [3.05, 3.63) is 42.0 Å². The van der Waals surface area contributed by atoms with Gasteiger partial charge in [-0.25, -0.2) is 9.78 Å². The third-order valence-corrected chi connectivity index (χ3v) is 3.72. The quantitative estimate of drug-likeness (QED) is 0.540. The van der Waals surface area contributed by atoms with Gasteiger partial charge in [-0.15, -0.1) is 0 Å². The lowest BCUT2D eigenvalue weighted by Gasteiger charge is -1.96. The minimum Gasteiger partial charge on any atom is -0.497 e. The van der Waals surface area contributed by atoms with Crippen molar-refractivity contribution in [2.75, 3.05) is 7.11 Å². The van der Waals surface area contributed by atoms with Gasteiger partial charge < -0.3 is 14.8 Å². The number of H-pyrrole nitrogens is 2. The zero-order chi connectivity index (χ0) is 16.0. The van der Waals surface area contributed by atoms with Crippen LogP contribution in [0.1, 0.15) is 10.4 Å².